The van der Waals surface area contributed by atoms with Gasteiger partial charge in [0.15, 0.2) is 5.69 Å². The maximum atomic E-state index is 12.0. The van der Waals surface area contributed by atoms with Crippen molar-refractivity contribution in [1.82, 2.24) is 9.38 Å². The lowest BCUT2D eigenvalue weighted by Gasteiger charge is -2.05. The first-order valence-electron chi connectivity index (χ1n) is 7.44. The Hall–Kier alpha value is -2.95. The van der Waals surface area contributed by atoms with Gasteiger partial charge < -0.3 is 4.74 Å². The van der Waals surface area contributed by atoms with E-state index in [4.69, 9.17) is 4.74 Å². The topological polar surface area (TPSA) is 56.0 Å². The molecule has 0 atom stereocenters. The van der Waals surface area contributed by atoms with Crippen molar-refractivity contribution in [2.45, 2.75) is 13.8 Å². The van der Waals surface area contributed by atoms with Crippen LogP contribution >= 0.6 is 0 Å². The zero-order valence-corrected chi connectivity index (χ0v) is 13.1. The van der Waals surface area contributed by atoms with Gasteiger partial charge in [-0.25, -0.2) is 14.8 Å². The molecule has 0 radical (unpaired) electrons. The summed E-state index contributed by atoms with van der Waals surface area (Å²) >= 11 is 0. The van der Waals surface area contributed by atoms with E-state index in [-0.39, 0.29) is 5.69 Å². The summed E-state index contributed by atoms with van der Waals surface area (Å²) < 4.78 is 6.88. The second-order valence-electron chi connectivity index (χ2n) is 5.10. The predicted octanol–water partition coefficient (Wildman–Crippen LogP) is 3.05. The summed E-state index contributed by atoms with van der Waals surface area (Å²) in [7, 11) is 0. The van der Waals surface area contributed by atoms with Crippen LogP contribution < -0.4 is 5.62 Å². The van der Waals surface area contributed by atoms with Gasteiger partial charge in [0.1, 0.15) is 0 Å². The number of pyridine rings is 1. The summed E-state index contributed by atoms with van der Waals surface area (Å²) in [5.74, 6) is -0.445. The zero-order valence-electron chi connectivity index (χ0n) is 13.1. The number of nitrogens with zero attached hydrogens (tertiary/aromatic N) is 3. The maximum Gasteiger partial charge on any atom is 0.357 e. The summed E-state index contributed by atoms with van der Waals surface area (Å²) in [4.78, 5) is 20.9. The van der Waals surface area contributed by atoms with Crippen molar-refractivity contribution < 1.29 is 9.53 Å². The van der Waals surface area contributed by atoms with E-state index in [1.807, 2.05) is 60.0 Å². The van der Waals surface area contributed by atoms with E-state index in [1.165, 1.54) is 0 Å². The summed E-state index contributed by atoms with van der Waals surface area (Å²) in [6.45, 7) is 4.10. The molecule has 1 aromatic carbocycles. The van der Waals surface area contributed by atoms with Gasteiger partial charge in [-0.1, -0.05) is 23.8 Å². The molecule has 0 saturated carbocycles. The first-order chi connectivity index (χ1) is 11.2. The predicted molar refractivity (Wildman–Crippen MR) is 87.6 cm³/mol. The van der Waals surface area contributed by atoms with Crippen LogP contribution in [-0.2, 0) is 4.74 Å². The number of carbonyl (C=O) groups is 1. The van der Waals surface area contributed by atoms with Crippen molar-refractivity contribution >= 4 is 17.2 Å². The molecule has 3 aromatic rings. The third kappa shape index (κ3) is 3.29. The van der Waals surface area contributed by atoms with Crippen LogP contribution in [-0.4, -0.2) is 22.0 Å². The number of rotatable bonds is 3. The number of esters is 1. The molecule has 2 aromatic heterocycles. The van der Waals surface area contributed by atoms with E-state index < -0.39 is 5.97 Å². The van der Waals surface area contributed by atoms with Gasteiger partial charge >= 0.3 is 5.97 Å². The summed E-state index contributed by atoms with van der Waals surface area (Å²) in [5.41, 5.74) is 3.46. The highest BCUT2D eigenvalue weighted by Crippen LogP contribution is 2.11. The number of benzene rings is 1. The molecule has 0 aliphatic heterocycles. The molecule has 5 heteroatoms. The largest absolute Gasteiger partial charge is 0.461 e. The number of aromatic nitrogens is 2. The highest BCUT2D eigenvalue weighted by molar-refractivity contribution is 5.88. The monoisotopic (exact) mass is 307 g/mol. The van der Waals surface area contributed by atoms with Crippen molar-refractivity contribution in [3.05, 3.63) is 71.6 Å². The molecule has 0 saturated heterocycles. The molecule has 23 heavy (non-hydrogen) atoms. The van der Waals surface area contributed by atoms with Gasteiger partial charge in [0.05, 0.1) is 17.8 Å². The summed E-state index contributed by atoms with van der Waals surface area (Å²) in [6.07, 6.45) is 1.87. The Bertz CT molecular complexity index is 911. The second-order valence-corrected chi connectivity index (χ2v) is 5.10. The number of fused-ring (bicyclic) bond motifs is 1. The Kier molecular flexibility index (Phi) is 4.19. The molecule has 0 spiro atoms. The van der Waals surface area contributed by atoms with Gasteiger partial charge in [0.25, 0.3) is 0 Å². The van der Waals surface area contributed by atoms with Crippen molar-refractivity contribution in [2.75, 3.05) is 6.61 Å². The molecule has 0 aliphatic rings. The van der Waals surface area contributed by atoms with Crippen LogP contribution in [0.3, 0.4) is 0 Å². The summed E-state index contributed by atoms with van der Waals surface area (Å²) in [5, 5.41) is 0. The molecule has 3 rings (SSSR count). The van der Waals surface area contributed by atoms with E-state index >= 15 is 0 Å². The van der Waals surface area contributed by atoms with Crippen molar-refractivity contribution in [1.29, 1.82) is 0 Å². The Balaban J connectivity index is 2.21. The van der Waals surface area contributed by atoms with Gasteiger partial charge in [-0.2, -0.15) is 0 Å². The van der Waals surface area contributed by atoms with Crippen LogP contribution in [0.1, 0.15) is 23.0 Å². The Labute approximate surface area is 133 Å². The van der Waals surface area contributed by atoms with E-state index in [9.17, 15) is 4.79 Å². The average Bonchev–Trinajstić information content (AvgIpc) is 2.57. The van der Waals surface area contributed by atoms with Gasteiger partial charge in [-0.3, -0.25) is 4.40 Å². The lowest BCUT2D eigenvalue weighted by molar-refractivity contribution is 0.0519. The average molecular weight is 307 g/mol. The molecule has 0 amide bonds. The molecule has 5 nitrogen and oxygen atoms in total. The molecule has 0 aliphatic carbocycles. The minimum Gasteiger partial charge on any atom is -0.461 e. The van der Waals surface area contributed by atoms with Gasteiger partial charge in [0, 0.05) is 6.20 Å². The van der Waals surface area contributed by atoms with E-state index in [0.717, 1.165) is 16.8 Å². The minimum atomic E-state index is -0.445. The number of carbonyl (C=O) groups excluding carboxylic acids is 1. The fourth-order valence-corrected chi connectivity index (χ4v) is 2.21. The third-order valence-electron chi connectivity index (χ3n) is 3.36. The molecular formula is C18H17N3O2. The van der Waals surface area contributed by atoms with E-state index in [1.54, 1.807) is 13.0 Å². The Morgan fingerprint density at radius 3 is 2.74 bits per heavy atom. The third-order valence-corrected chi connectivity index (χ3v) is 3.36. The van der Waals surface area contributed by atoms with Crippen LogP contribution in [0, 0.1) is 6.92 Å². The fraction of sp³-hybridized carbons (Fsp3) is 0.167. The minimum absolute atomic E-state index is 0.254. The number of aryl methyl sites for hydroxylation is 1. The molecule has 116 valence electrons. The van der Waals surface area contributed by atoms with E-state index in [2.05, 4.69) is 9.98 Å². The van der Waals surface area contributed by atoms with Crippen molar-refractivity contribution in [2.24, 2.45) is 4.99 Å². The SMILES string of the molecule is CCOC(=O)c1cc2ccccn2c(=Nc2ccc(C)cc2)n1. The number of hydrogen-bond donors (Lipinski definition) is 0. The van der Waals surface area contributed by atoms with Crippen molar-refractivity contribution in [3.8, 4) is 0 Å². The first-order valence-corrected chi connectivity index (χ1v) is 7.44. The Morgan fingerprint density at radius 2 is 2.00 bits per heavy atom. The van der Waals surface area contributed by atoms with Gasteiger partial charge in [-0.05, 0) is 44.2 Å². The molecule has 0 fully saturated rings. The Morgan fingerprint density at radius 1 is 1.22 bits per heavy atom. The second kappa shape index (κ2) is 6.44. The van der Waals surface area contributed by atoms with Gasteiger partial charge in [-0.15, -0.1) is 0 Å². The highest BCUT2D eigenvalue weighted by Gasteiger charge is 2.10. The number of hydrogen-bond acceptors (Lipinski definition) is 4. The quantitative estimate of drug-likeness (QED) is 0.699. The molecule has 2 heterocycles. The molecular weight excluding hydrogens is 290 g/mol. The van der Waals surface area contributed by atoms with Crippen LogP contribution in [0.15, 0.2) is 59.7 Å². The number of ether oxygens (including phenoxy) is 1. The molecule has 0 unspecified atom stereocenters. The lowest BCUT2D eigenvalue weighted by Crippen LogP contribution is -2.22. The van der Waals surface area contributed by atoms with Crippen LogP contribution in [0.4, 0.5) is 5.69 Å². The van der Waals surface area contributed by atoms with Crippen molar-refractivity contribution in [3.63, 3.8) is 0 Å². The fourth-order valence-electron chi connectivity index (χ4n) is 2.21. The normalized spacial score (nSPS) is 11.7. The van der Waals surface area contributed by atoms with Crippen LogP contribution in [0.2, 0.25) is 0 Å². The smallest absolute Gasteiger partial charge is 0.357 e. The van der Waals surface area contributed by atoms with Crippen LogP contribution in [0.5, 0.6) is 0 Å². The molecule has 0 N–H and O–H groups in total. The van der Waals surface area contributed by atoms with Crippen LogP contribution in [0.25, 0.3) is 5.52 Å². The van der Waals surface area contributed by atoms with Gasteiger partial charge in [0.2, 0.25) is 5.62 Å². The standard InChI is InChI=1S/C18H17N3O2/c1-3-23-17(22)16-12-15-6-4-5-11-21(15)18(20-16)19-14-9-7-13(2)8-10-14/h4-12H,3H2,1-2H3. The highest BCUT2D eigenvalue weighted by atomic mass is 16.5. The summed E-state index contributed by atoms with van der Waals surface area (Å²) in [6, 6.07) is 15.2. The van der Waals surface area contributed by atoms with E-state index in [0.29, 0.717) is 12.2 Å². The first kappa shape index (κ1) is 15.0. The molecule has 0 bridgehead atoms. The zero-order chi connectivity index (χ0) is 16.2. The lowest BCUT2D eigenvalue weighted by atomic mass is 10.2. The maximum absolute atomic E-state index is 12.0.